The second kappa shape index (κ2) is 7.56. The summed E-state index contributed by atoms with van der Waals surface area (Å²) >= 11 is 0. The molecule has 0 aliphatic heterocycles. The summed E-state index contributed by atoms with van der Waals surface area (Å²) in [6.45, 7) is 2.29. The third-order valence-corrected chi connectivity index (χ3v) is 6.67. The Balaban J connectivity index is 1.72. The van der Waals surface area contributed by atoms with Crippen molar-refractivity contribution < 1.29 is 8.78 Å². The van der Waals surface area contributed by atoms with Gasteiger partial charge in [-0.05, 0) is 55.1 Å². The number of rotatable bonds is 4. The maximum absolute atomic E-state index is 12.2. The van der Waals surface area contributed by atoms with Crippen LogP contribution in [0.1, 0.15) is 58.3 Å². The third-order valence-electron chi connectivity index (χ3n) is 5.11. The van der Waals surface area contributed by atoms with Crippen molar-refractivity contribution in [3.63, 3.8) is 0 Å². The van der Waals surface area contributed by atoms with Gasteiger partial charge in [0.15, 0.2) is 0 Å². The molecule has 0 unspecified atom stereocenters. The van der Waals surface area contributed by atoms with Crippen LogP contribution in [0.5, 0.6) is 0 Å². The zero-order valence-electron chi connectivity index (χ0n) is 12.0. The highest BCUT2D eigenvalue weighted by Crippen LogP contribution is 2.43. The fourth-order valence-electron chi connectivity index (χ4n) is 4.04. The van der Waals surface area contributed by atoms with Crippen LogP contribution in [0.25, 0.3) is 0 Å². The lowest BCUT2D eigenvalue weighted by Gasteiger charge is -2.37. The Morgan fingerprint density at radius 3 is 1.95 bits per heavy atom. The molecule has 2 saturated carbocycles. The Hall–Kier alpha value is -0.183. The minimum atomic E-state index is -1.48. The van der Waals surface area contributed by atoms with E-state index in [9.17, 15) is 8.78 Å². The first-order valence-electron chi connectivity index (χ1n) is 7.95. The highest BCUT2D eigenvalue weighted by Gasteiger charge is 2.30. The van der Waals surface area contributed by atoms with E-state index in [0.717, 1.165) is 39.7 Å². The summed E-state index contributed by atoms with van der Waals surface area (Å²) in [7, 11) is 1.16. The van der Waals surface area contributed by atoms with Crippen LogP contribution in [0.2, 0.25) is 11.6 Å². The van der Waals surface area contributed by atoms with Crippen molar-refractivity contribution >= 4 is 9.52 Å². The fourth-order valence-corrected chi connectivity index (χ4v) is 5.36. The number of halogens is 2. The van der Waals surface area contributed by atoms with Crippen molar-refractivity contribution in [3.05, 3.63) is 12.2 Å². The van der Waals surface area contributed by atoms with Crippen molar-refractivity contribution in [1.29, 1.82) is 0 Å². The van der Waals surface area contributed by atoms with Crippen LogP contribution in [0, 0.1) is 17.8 Å². The monoisotopic (exact) mass is 284 g/mol. The average molecular weight is 284 g/mol. The molecule has 0 saturated heterocycles. The van der Waals surface area contributed by atoms with Gasteiger partial charge in [0.05, 0.1) is 0 Å². The molecule has 0 aromatic carbocycles. The molecule has 3 heteroatoms. The standard InChI is InChI=1S/C16H26F2Si/c1-2-19-15-9-7-14(8-10-15)13-5-3-12(4-6-13)11-16(17)18/h11-15H,2-10H2,1H3. The predicted octanol–water partition coefficient (Wildman–Crippen LogP) is 5.69. The van der Waals surface area contributed by atoms with E-state index < -0.39 is 6.08 Å². The Bertz CT molecular complexity index is 283. The Morgan fingerprint density at radius 2 is 1.47 bits per heavy atom. The predicted molar refractivity (Wildman–Crippen MR) is 77.7 cm³/mol. The maximum atomic E-state index is 12.2. The first-order chi connectivity index (χ1) is 9.19. The van der Waals surface area contributed by atoms with Gasteiger partial charge in [-0.15, -0.1) is 0 Å². The van der Waals surface area contributed by atoms with Crippen LogP contribution < -0.4 is 0 Å². The summed E-state index contributed by atoms with van der Waals surface area (Å²) in [5.41, 5.74) is 1.00. The molecular formula is C16H26F2Si. The highest BCUT2D eigenvalue weighted by molar-refractivity contribution is 6.37. The zero-order valence-corrected chi connectivity index (χ0v) is 13.0. The summed E-state index contributed by atoms with van der Waals surface area (Å²) < 4.78 is 24.5. The molecule has 2 rings (SSSR count). The van der Waals surface area contributed by atoms with Gasteiger partial charge in [-0.3, -0.25) is 0 Å². The number of hydrogen-bond donors (Lipinski definition) is 0. The molecule has 2 fully saturated rings. The quantitative estimate of drug-likeness (QED) is 0.581. The summed E-state index contributed by atoms with van der Waals surface area (Å²) in [6, 6.07) is 1.35. The molecule has 19 heavy (non-hydrogen) atoms. The van der Waals surface area contributed by atoms with E-state index in [2.05, 4.69) is 6.92 Å². The van der Waals surface area contributed by atoms with E-state index in [-0.39, 0.29) is 5.92 Å². The number of hydrogen-bond acceptors (Lipinski definition) is 0. The minimum absolute atomic E-state index is 0.152. The lowest BCUT2D eigenvalue weighted by Crippen LogP contribution is -2.25. The normalized spacial score (nSPS) is 35.9. The Kier molecular flexibility index (Phi) is 6.05. The first kappa shape index (κ1) is 15.2. The van der Waals surface area contributed by atoms with E-state index in [1.807, 2.05) is 0 Å². The summed E-state index contributed by atoms with van der Waals surface area (Å²) in [4.78, 5) is 0. The van der Waals surface area contributed by atoms with E-state index in [0.29, 0.717) is 0 Å². The van der Waals surface area contributed by atoms with Crippen LogP contribution in [-0.4, -0.2) is 9.52 Å². The summed E-state index contributed by atoms with van der Waals surface area (Å²) in [5, 5.41) is 0. The Labute approximate surface area is 118 Å². The van der Waals surface area contributed by atoms with Gasteiger partial charge < -0.3 is 0 Å². The maximum Gasteiger partial charge on any atom is 0.266 e. The molecule has 0 atom stereocenters. The summed E-state index contributed by atoms with van der Waals surface area (Å²) in [6.07, 6.45) is 9.70. The molecule has 0 bridgehead atoms. The summed E-state index contributed by atoms with van der Waals surface area (Å²) in [5.74, 6) is 1.88. The van der Waals surface area contributed by atoms with Gasteiger partial charge in [-0.1, -0.05) is 38.7 Å². The van der Waals surface area contributed by atoms with Crippen molar-refractivity contribution in [3.8, 4) is 0 Å². The van der Waals surface area contributed by atoms with Crippen LogP contribution in [0.15, 0.2) is 12.2 Å². The molecule has 0 heterocycles. The molecular weight excluding hydrogens is 258 g/mol. The second-order valence-corrected chi connectivity index (χ2v) is 8.23. The molecule has 2 aliphatic rings. The van der Waals surface area contributed by atoms with Gasteiger partial charge >= 0.3 is 0 Å². The molecule has 2 aliphatic carbocycles. The van der Waals surface area contributed by atoms with Crippen molar-refractivity contribution in [2.24, 2.45) is 17.8 Å². The van der Waals surface area contributed by atoms with Crippen molar-refractivity contribution in [2.45, 2.75) is 69.9 Å². The van der Waals surface area contributed by atoms with Crippen LogP contribution >= 0.6 is 0 Å². The molecule has 0 amide bonds. The zero-order chi connectivity index (χ0) is 13.7. The lowest BCUT2D eigenvalue weighted by molar-refractivity contribution is 0.178. The van der Waals surface area contributed by atoms with Gasteiger partial charge in [-0.2, -0.15) is 8.78 Å². The van der Waals surface area contributed by atoms with Gasteiger partial charge in [0, 0.05) is 9.52 Å². The largest absolute Gasteiger partial charge is 0.266 e. The molecule has 0 aromatic rings. The third kappa shape index (κ3) is 4.69. The molecule has 0 aromatic heterocycles. The van der Waals surface area contributed by atoms with Gasteiger partial charge in [0.1, 0.15) is 0 Å². The van der Waals surface area contributed by atoms with E-state index in [4.69, 9.17) is 0 Å². The van der Waals surface area contributed by atoms with E-state index >= 15 is 0 Å². The molecule has 0 nitrogen and oxygen atoms in total. The second-order valence-electron chi connectivity index (χ2n) is 6.30. The molecule has 2 radical (unpaired) electrons. The first-order valence-corrected chi connectivity index (χ1v) is 9.23. The topological polar surface area (TPSA) is 0 Å². The number of allylic oxidation sites excluding steroid dienone is 1. The van der Waals surface area contributed by atoms with Crippen molar-refractivity contribution in [2.75, 3.05) is 0 Å². The fraction of sp³-hybridized carbons (Fsp3) is 0.875. The minimum Gasteiger partial charge on any atom is -0.174 e. The van der Waals surface area contributed by atoms with Crippen LogP contribution in [0.3, 0.4) is 0 Å². The van der Waals surface area contributed by atoms with Gasteiger partial charge in [0.2, 0.25) is 0 Å². The van der Waals surface area contributed by atoms with Crippen LogP contribution in [0.4, 0.5) is 8.78 Å². The van der Waals surface area contributed by atoms with Gasteiger partial charge in [-0.25, -0.2) is 0 Å². The van der Waals surface area contributed by atoms with Gasteiger partial charge in [0.25, 0.3) is 6.08 Å². The molecule has 108 valence electrons. The van der Waals surface area contributed by atoms with E-state index in [1.54, 1.807) is 0 Å². The average Bonchev–Trinajstić information content (AvgIpc) is 2.40. The van der Waals surface area contributed by atoms with Crippen LogP contribution in [-0.2, 0) is 0 Å². The molecule has 0 spiro atoms. The molecule has 0 N–H and O–H groups in total. The lowest BCUT2D eigenvalue weighted by atomic mass is 9.71. The highest BCUT2D eigenvalue weighted by atomic mass is 28.2. The smallest absolute Gasteiger partial charge is 0.174 e. The SMILES string of the molecule is CC[Si]C1CCC(C2CCC(C=C(F)F)CC2)CC1. The van der Waals surface area contributed by atoms with E-state index in [1.165, 1.54) is 50.6 Å². The Morgan fingerprint density at radius 1 is 0.947 bits per heavy atom. The van der Waals surface area contributed by atoms with Crippen molar-refractivity contribution in [1.82, 2.24) is 0 Å².